The number of anilines is 1. The van der Waals surface area contributed by atoms with Crippen LogP contribution in [-0.4, -0.2) is 17.5 Å². The van der Waals surface area contributed by atoms with Crippen molar-refractivity contribution in [1.82, 2.24) is 4.98 Å². The predicted octanol–water partition coefficient (Wildman–Crippen LogP) is 4.53. The molecule has 0 fully saturated rings. The van der Waals surface area contributed by atoms with E-state index in [1.807, 2.05) is 30.5 Å². The average molecular weight is 356 g/mol. The Morgan fingerprint density at radius 3 is 2.72 bits per heavy atom. The largest absolute Gasteiger partial charge is 0.492 e. The maximum Gasteiger partial charge on any atom is 0.230 e. The highest BCUT2D eigenvalue weighted by atomic mass is 32.1. The average Bonchev–Trinajstić information content (AvgIpc) is 3.06. The van der Waals surface area contributed by atoms with Gasteiger partial charge in [0.25, 0.3) is 0 Å². The monoisotopic (exact) mass is 356 g/mol. The summed E-state index contributed by atoms with van der Waals surface area (Å²) >= 11 is 1.43. The third kappa shape index (κ3) is 4.42. The predicted molar refractivity (Wildman–Crippen MR) is 97.5 cm³/mol. The van der Waals surface area contributed by atoms with E-state index in [0.717, 1.165) is 10.6 Å². The van der Waals surface area contributed by atoms with Crippen LogP contribution in [-0.2, 0) is 11.2 Å². The molecule has 3 rings (SSSR count). The Balaban J connectivity index is 1.67. The van der Waals surface area contributed by atoms with Gasteiger partial charge < -0.3 is 10.1 Å². The van der Waals surface area contributed by atoms with Gasteiger partial charge >= 0.3 is 0 Å². The van der Waals surface area contributed by atoms with Gasteiger partial charge in [0, 0.05) is 10.9 Å². The number of aromatic nitrogens is 1. The Bertz CT molecular complexity index is 862. The highest BCUT2D eigenvalue weighted by Gasteiger charge is 2.11. The minimum Gasteiger partial charge on any atom is -0.492 e. The number of ether oxygens (including phenoxy) is 1. The van der Waals surface area contributed by atoms with Crippen LogP contribution < -0.4 is 10.1 Å². The van der Waals surface area contributed by atoms with Crippen LogP contribution in [0.5, 0.6) is 5.75 Å². The van der Waals surface area contributed by atoms with Gasteiger partial charge in [0.2, 0.25) is 5.91 Å². The summed E-state index contributed by atoms with van der Waals surface area (Å²) in [5.74, 6) is 0.194. The first-order chi connectivity index (χ1) is 12.2. The van der Waals surface area contributed by atoms with Crippen LogP contribution >= 0.6 is 11.3 Å². The molecule has 1 amide bonds. The Labute approximate surface area is 149 Å². The Morgan fingerprint density at radius 2 is 1.96 bits per heavy atom. The second-order valence-electron chi connectivity index (χ2n) is 5.31. The lowest BCUT2D eigenvalue weighted by Gasteiger charge is -2.10. The molecule has 0 aliphatic carbocycles. The van der Waals surface area contributed by atoms with Gasteiger partial charge in [-0.15, -0.1) is 11.3 Å². The molecule has 2 aromatic carbocycles. The van der Waals surface area contributed by atoms with Crippen molar-refractivity contribution < 1.29 is 13.9 Å². The van der Waals surface area contributed by atoms with Crippen LogP contribution in [0.25, 0.3) is 10.6 Å². The van der Waals surface area contributed by atoms with Gasteiger partial charge in [0.15, 0.2) is 0 Å². The summed E-state index contributed by atoms with van der Waals surface area (Å²) in [5.41, 5.74) is 2.15. The number of carbonyl (C=O) groups excluding carboxylic acids is 1. The SMILES string of the molecule is CCOc1ccccc1NC(=O)Cc1csc(-c2ccc(F)cc2)n1. The molecule has 0 spiro atoms. The Kier molecular flexibility index (Phi) is 5.40. The topological polar surface area (TPSA) is 51.2 Å². The second-order valence-corrected chi connectivity index (χ2v) is 6.16. The first kappa shape index (κ1) is 17.1. The van der Waals surface area contributed by atoms with Gasteiger partial charge in [-0.3, -0.25) is 4.79 Å². The fraction of sp³-hybridized carbons (Fsp3) is 0.158. The number of para-hydroxylation sites is 2. The summed E-state index contributed by atoms with van der Waals surface area (Å²) in [6, 6.07) is 13.5. The van der Waals surface area contributed by atoms with Crippen LogP contribution in [0, 0.1) is 5.82 Å². The molecule has 1 N–H and O–H groups in total. The number of nitrogens with one attached hydrogen (secondary N) is 1. The molecule has 0 radical (unpaired) electrons. The van der Waals surface area contributed by atoms with E-state index < -0.39 is 0 Å². The third-order valence-electron chi connectivity index (χ3n) is 3.45. The van der Waals surface area contributed by atoms with Crippen molar-refractivity contribution in [3.05, 3.63) is 65.4 Å². The summed E-state index contributed by atoms with van der Waals surface area (Å²) in [5, 5.41) is 5.45. The highest BCUT2D eigenvalue weighted by molar-refractivity contribution is 7.13. The molecule has 6 heteroatoms. The van der Waals surface area contributed by atoms with E-state index in [4.69, 9.17) is 4.74 Å². The first-order valence-corrected chi connectivity index (χ1v) is 8.75. The van der Waals surface area contributed by atoms with E-state index in [-0.39, 0.29) is 18.1 Å². The summed E-state index contributed by atoms with van der Waals surface area (Å²) in [6.07, 6.45) is 0.165. The fourth-order valence-corrected chi connectivity index (χ4v) is 3.15. The minimum atomic E-state index is -0.284. The maximum atomic E-state index is 13.0. The molecule has 0 saturated carbocycles. The quantitative estimate of drug-likeness (QED) is 0.706. The lowest BCUT2D eigenvalue weighted by atomic mass is 10.2. The standard InChI is InChI=1S/C19H17FN2O2S/c1-2-24-17-6-4-3-5-16(17)22-18(23)11-15-12-25-19(21-15)13-7-9-14(20)10-8-13/h3-10,12H,2,11H2,1H3,(H,22,23). The third-order valence-corrected chi connectivity index (χ3v) is 4.39. The summed E-state index contributed by atoms with van der Waals surface area (Å²) in [6.45, 7) is 2.42. The van der Waals surface area contributed by atoms with Gasteiger partial charge in [-0.2, -0.15) is 0 Å². The molecule has 25 heavy (non-hydrogen) atoms. The van der Waals surface area contributed by atoms with Gasteiger partial charge in [0.05, 0.1) is 24.4 Å². The molecular formula is C19H17FN2O2S. The van der Waals surface area contributed by atoms with Gasteiger partial charge in [0.1, 0.15) is 16.6 Å². The van der Waals surface area contributed by atoms with Gasteiger partial charge in [-0.1, -0.05) is 12.1 Å². The molecule has 128 valence electrons. The van der Waals surface area contributed by atoms with Crippen LogP contribution in [0.15, 0.2) is 53.9 Å². The summed E-state index contributed by atoms with van der Waals surface area (Å²) < 4.78 is 18.5. The normalized spacial score (nSPS) is 10.5. The molecule has 3 aromatic rings. The van der Waals surface area contributed by atoms with Gasteiger partial charge in [-0.25, -0.2) is 9.37 Å². The minimum absolute atomic E-state index is 0.164. The summed E-state index contributed by atoms with van der Waals surface area (Å²) in [7, 11) is 0. The van der Waals surface area contributed by atoms with Crippen molar-refractivity contribution in [2.75, 3.05) is 11.9 Å². The molecule has 1 heterocycles. The number of amides is 1. The molecule has 0 aliphatic heterocycles. The molecule has 4 nitrogen and oxygen atoms in total. The lowest BCUT2D eigenvalue weighted by Crippen LogP contribution is -2.15. The number of carbonyl (C=O) groups is 1. The van der Waals surface area contributed by atoms with Crippen molar-refractivity contribution >= 4 is 22.9 Å². The van der Waals surface area contributed by atoms with E-state index in [2.05, 4.69) is 10.3 Å². The second kappa shape index (κ2) is 7.90. The highest BCUT2D eigenvalue weighted by Crippen LogP contribution is 2.26. The molecule has 0 aliphatic rings. The Hall–Kier alpha value is -2.73. The number of halogens is 1. The Morgan fingerprint density at radius 1 is 1.20 bits per heavy atom. The molecule has 1 aromatic heterocycles. The van der Waals surface area contributed by atoms with E-state index in [0.29, 0.717) is 23.7 Å². The van der Waals surface area contributed by atoms with Crippen LogP contribution in [0.3, 0.4) is 0 Å². The molecule has 0 atom stereocenters. The molecule has 0 saturated heterocycles. The van der Waals surface area contributed by atoms with Gasteiger partial charge in [-0.05, 0) is 43.3 Å². The lowest BCUT2D eigenvalue weighted by molar-refractivity contribution is -0.115. The zero-order valence-corrected chi connectivity index (χ0v) is 14.5. The maximum absolute atomic E-state index is 13.0. The molecule has 0 bridgehead atoms. The van der Waals surface area contributed by atoms with E-state index >= 15 is 0 Å². The zero-order chi connectivity index (χ0) is 17.6. The number of hydrogen-bond acceptors (Lipinski definition) is 4. The number of thiazole rings is 1. The zero-order valence-electron chi connectivity index (χ0n) is 13.7. The van der Waals surface area contributed by atoms with E-state index in [9.17, 15) is 9.18 Å². The smallest absolute Gasteiger partial charge is 0.230 e. The van der Waals surface area contributed by atoms with E-state index in [1.54, 1.807) is 18.2 Å². The first-order valence-electron chi connectivity index (χ1n) is 7.87. The van der Waals surface area contributed by atoms with Crippen molar-refractivity contribution in [1.29, 1.82) is 0 Å². The molecule has 0 unspecified atom stereocenters. The van der Waals surface area contributed by atoms with Crippen LogP contribution in [0.2, 0.25) is 0 Å². The van der Waals surface area contributed by atoms with E-state index in [1.165, 1.54) is 23.5 Å². The van der Waals surface area contributed by atoms with Crippen molar-refractivity contribution in [2.24, 2.45) is 0 Å². The number of hydrogen-bond donors (Lipinski definition) is 1. The van der Waals surface area contributed by atoms with Crippen molar-refractivity contribution in [3.63, 3.8) is 0 Å². The molecular weight excluding hydrogens is 339 g/mol. The van der Waals surface area contributed by atoms with Crippen LogP contribution in [0.1, 0.15) is 12.6 Å². The number of nitrogens with zero attached hydrogens (tertiary/aromatic N) is 1. The van der Waals surface area contributed by atoms with Crippen molar-refractivity contribution in [2.45, 2.75) is 13.3 Å². The number of benzene rings is 2. The number of rotatable bonds is 6. The fourth-order valence-electron chi connectivity index (χ4n) is 2.32. The summed E-state index contributed by atoms with van der Waals surface area (Å²) in [4.78, 5) is 16.7. The van der Waals surface area contributed by atoms with Crippen LogP contribution in [0.4, 0.5) is 10.1 Å². The van der Waals surface area contributed by atoms with Crippen molar-refractivity contribution in [3.8, 4) is 16.3 Å².